The number of Topliss-reactive ketones (excluding diaryl/α,β-unsaturated/α-hetero) is 1. The molecule has 0 unspecified atom stereocenters. The van der Waals surface area contributed by atoms with E-state index >= 15 is 0 Å². The number of halogens is 4. The molecule has 88 valence electrons. The first-order chi connectivity index (χ1) is 7.16. The van der Waals surface area contributed by atoms with Gasteiger partial charge in [-0.3, -0.25) is 4.79 Å². The molecule has 0 spiro atoms. The Morgan fingerprint density at radius 1 is 1.00 bits per heavy atom. The summed E-state index contributed by atoms with van der Waals surface area (Å²) in [4.78, 5) is 11.6. The Hall–Kier alpha value is -1.39. The summed E-state index contributed by atoms with van der Waals surface area (Å²) in [7, 11) is 0. The summed E-state index contributed by atoms with van der Waals surface area (Å²) in [5, 5.41) is 0. The highest BCUT2D eigenvalue weighted by Gasteiger charge is 2.29. The van der Waals surface area contributed by atoms with E-state index in [2.05, 4.69) is 0 Å². The fourth-order valence-electron chi connectivity index (χ4n) is 1.14. The molecule has 0 amide bonds. The number of benzene rings is 1. The largest absolute Gasteiger partial charge is 0.293 e. The van der Waals surface area contributed by atoms with Gasteiger partial charge in [-0.05, 0) is 6.07 Å². The maximum Gasteiger partial charge on any atom is 0.198 e. The summed E-state index contributed by atoms with van der Waals surface area (Å²) < 4.78 is 51.5. The third-order valence-corrected chi connectivity index (χ3v) is 2.03. The Bertz CT molecular complexity index is 446. The van der Waals surface area contributed by atoms with Crippen LogP contribution in [-0.2, 0) is 0 Å². The molecule has 0 bridgehead atoms. The van der Waals surface area contributed by atoms with Gasteiger partial charge in [0.15, 0.2) is 29.1 Å². The van der Waals surface area contributed by atoms with E-state index in [-0.39, 0.29) is 0 Å². The maximum atomic E-state index is 13.2. The van der Waals surface area contributed by atoms with Gasteiger partial charge in [0.1, 0.15) is 0 Å². The highest BCUT2D eigenvalue weighted by molar-refractivity contribution is 6.00. The molecule has 0 saturated carbocycles. The topological polar surface area (TPSA) is 17.1 Å². The molecule has 0 saturated heterocycles. The monoisotopic (exact) mass is 234 g/mol. The van der Waals surface area contributed by atoms with Crippen molar-refractivity contribution in [1.29, 1.82) is 0 Å². The molecule has 0 atom stereocenters. The molecule has 0 radical (unpaired) electrons. The number of hydrogen-bond donors (Lipinski definition) is 0. The zero-order chi connectivity index (χ0) is 12.7. The van der Waals surface area contributed by atoms with Gasteiger partial charge in [0.2, 0.25) is 0 Å². The van der Waals surface area contributed by atoms with E-state index in [1.807, 2.05) is 0 Å². The van der Waals surface area contributed by atoms with Gasteiger partial charge in [-0.1, -0.05) is 20.8 Å². The number of ketones is 1. The van der Waals surface area contributed by atoms with Crippen LogP contribution in [0.4, 0.5) is 17.6 Å². The smallest absolute Gasteiger partial charge is 0.198 e. The predicted molar refractivity (Wildman–Crippen MR) is 50.1 cm³/mol. The van der Waals surface area contributed by atoms with Crippen LogP contribution in [0.3, 0.4) is 0 Å². The van der Waals surface area contributed by atoms with Crippen LogP contribution in [0.2, 0.25) is 0 Å². The molecule has 0 aromatic heterocycles. The molecule has 5 heteroatoms. The highest BCUT2D eigenvalue weighted by atomic mass is 19.2. The number of rotatable bonds is 1. The SMILES string of the molecule is CC(C)(C)C(=O)c1cc(F)c(F)c(F)c1F. The first-order valence-corrected chi connectivity index (χ1v) is 4.54. The average Bonchev–Trinajstić information content (AvgIpc) is 2.18. The molecular formula is C11H10F4O. The van der Waals surface area contributed by atoms with Gasteiger partial charge in [0.25, 0.3) is 0 Å². The van der Waals surface area contributed by atoms with Crippen molar-refractivity contribution >= 4 is 5.78 Å². The van der Waals surface area contributed by atoms with Crippen molar-refractivity contribution in [2.75, 3.05) is 0 Å². The van der Waals surface area contributed by atoms with Gasteiger partial charge in [-0.2, -0.15) is 0 Å². The fourth-order valence-corrected chi connectivity index (χ4v) is 1.14. The van der Waals surface area contributed by atoms with Crippen molar-refractivity contribution in [3.8, 4) is 0 Å². The standard InChI is InChI=1S/C11H10F4O/c1-11(2,3)10(16)5-4-6(12)8(14)9(15)7(5)13/h4H,1-3H3. The fraction of sp³-hybridized carbons (Fsp3) is 0.364. The van der Waals surface area contributed by atoms with Crippen LogP contribution < -0.4 is 0 Å². The summed E-state index contributed by atoms with van der Waals surface area (Å²) in [5.41, 5.74) is -1.78. The number of hydrogen-bond acceptors (Lipinski definition) is 1. The minimum atomic E-state index is -1.97. The van der Waals surface area contributed by atoms with Gasteiger partial charge >= 0.3 is 0 Å². The summed E-state index contributed by atoms with van der Waals surface area (Å²) in [6.07, 6.45) is 0. The van der Waals surface area contributed by atoms with Crippen molar-refractivity contribution in [2.24, 2.45) is 5.41 Å². The Morgan fingerprint density at radius 3 is 1.94 bits per heavy atom. The summed E-state index contributed by atoms with van der Waals surface area (Å²) in [6, 6.07) is 0.376. The van der Waals surface area contributed by atoms with E-state index in [9.17, 15) is 22.4 Å². The Labute approximate surface area is 90.1 Å². The van der Waals surface area contributed by atoms with Crippen LogP contribution in [0.1, 0.15) is 31.1 Å². The Morgan fingerprint density at radius 2 is 1.50 bits per heavy atom. The van der Waals surface area contributed by atoms with E-state index in [0.29, 0.717) is 6.07 Å². The lowest BCUT2D eigenvalue weighted by Crippen LogP contribution is -2.22. The van der Waals surface area contributed by atoms with Gasteiger partial charge in [0.05, 0.1) is 5.56 Å². The van der Waals surface area contributed by atoms with E-state index in [0.717, 1.165) is 0 Å². The molecular weight excluding hydrogens is 224 g/mol. The quantitative estimate of drug-likeness (QED) is 0.314. The van der Waals surface area contributed by atoms with Crippen molar-refractivity contribution < 1.29 is 22.4 Å². The second-order valence-corrected chi connectivity index (χ2v) is 4.43. The second kappa shape index (κ2) is 3.88. The minimum Gasteiger partial charge on any atom is -0.293 e. The zero-order valence-corrected chi connectivity index (χ0v) is 9.00. The van der Waals surface area contributed by atoms with E-state index in [1.54, 1.807) is 0 Å². The van der Waals surface area contributed by atoms with E-state index in [1.165, 1.54) is 20.8 Å². The van der Waals surface area contributed by atoms with Crippen molar-refractivity contribution in [3.63, 3.8) is 0 Å². The van der Waals surface area contributed by atoms with Gasteiger partial charge in [0, 0.05) is 5.41 Å². The van der Waals surface area contributed by atoms with Crippen LogP contribution in [0, 0.1) is 28.7 Å². The van der Waals surface area contributed by atoms with Gasteiger partial charge < -0.3 is 0 Å². The van der Waals surface area contributed by atoms with Crippen molar-refractivity contribution in [1.82, 2.24) is 0 Å². The third-order valence-electron chi connectivity index (χ3n) is 2.03. The predicted octanol–water partition coefficient (Wildman–Crippen LogP) is 3.47. The van der Waals surface area contributed by atoms with Crippen LogP contribution in [0.25, 0.3) is 0 Å². The lowest BCUT2D eigenvalue weighted by Gasteiger charge is -2.17. The van der Waals surface area contributed by atoms with Gasteiger partial charge in [-0.15, -0.1) is 0 Å². The van der Waals surface area contributed by atoms with Crippen LogP contribution in [0.15, 0.2) is 6.07 Å². The summed E-state index contributed by atoms with van der Waals surface area (Å²) in [6.45, 7) is 4.40. The molecule has 0 fully saturated rings. The highest BCUT2D eigenvalue weighted by Crippen LogP contribution is 2.26. The molecule has 0 N–H and O–H groups in total. The maximum absolute atomic E-state index is 13.2. The molecule has 0 heterocycles. The number of carbonyl (C=O) groups excluding carboxylic acids is 1. The lowest BCUT2D eigenvalue weighted by molar-refractivity contribution is 0.0851. The average molecular weight is 234 g/mol. The summed E-state index contributed by atoms with van der Waals surface area (Å²) >= 11 is 0. The van der Waals surface area contributed by atoms with Crippen LogP contribution in [-0.4, -0.2) is 5.78 Å². The van der Waals surface area contributed by atoms with E-state index in [4.69, 9.17) is 0 Å². The lowest BCUT2D eigenvalue weighted by atomic mass is 9.86. The van der Waals surface area contributed by atoms with Gasteiger partial charge in [-0.25, -0.2) is 17.6 Å². The van der Waals surface area contributed by atoms with E-state index < -0.39 is 40.0 Å². The number of carbonyl (C=O) groups is 1. The second-order valence-electron chi connectivity index (χ2n) is 4.43. The molecule has 1 rings (SSSR count). The molecule has 0 aliphatic rings. The normalized spacial score (nSPS) is 11.7. The summed E-state index contributed by atoms with van der Waals surface area (Å²) in [5.74, 6) is -7.90. The molecule has 1 nitrogen and oxygen atoms in total. The third kappa shape index (κ3) is 2.08. The van der Waals surface area contributed by atoms with Crippen molar-refractivity contribution in [3.05, 3.63) is 34.9 Å². The molecule has 0 aliphatic heterocycles. The zero-order valence-electron chi connectivity index (χ0n) is 9.00. The molecule has 1 aromatic rings. The molecule has 1 aromatic carbocycles. The first kappa shape index (κ1) is 12.7. The van der Waals surface area contributed by atoms with Crippen molar-refractivity contribution in [2.45, 2.75) is 20.8 Å². The Balaban J connectivity index is 3.43. The first-order valence-electron chi connectivity index (χ1n) is 4.54. The molecule has 16 heavy (non-hydrogen) atoms. The minimum absolute atomic E-state index is 0.376. The van der Waals surface area contributed by atoms with Crippen LogP contribution >= 0.6 is 0 Å². The molecule has 0 aliphatic carbocycles. The Kier molecular flexibility index (Phi) is 3.08. The van der Waals surface area contributed by atoms with Crippen LogP contribution in [0.5, 0.6) is 0 Å².